The van der Waals surface area contributed by atoms with Crippen LogP contribution in [0.1, 0.15) is 32.6 Å². The first-order chi connectivity index (χ1) is 9.74. The van der Waals surface area contributed by atoms with E-state index in [-0.39, 0.29) is 11.8 Å². The first-order valence-electron chi connectivity index (χ1n) is 6.88. The number of hydrogen-bond acceptors (Lipinski definition) is 5. The van der Waals surface area contributed by atoms with Gasteiger partial charge in [-0.3, -0.25) is 4.79 Å². The van der Waals surface area contributed by atoms with Crippen LogP contribution in [-0.2, 0) is 11.2 Å². The van der Waals surface area contributed by atoms with Gasteiger partial charge in [0.1, 0.15) is 0 Å². The van der Waals surface area contributed by atoms with Crippen LogP contribution in [0.15, 0.2) is 21.9 Å². The zero-order valence-electron chi connectivity index (χ0n) is 11.8. The van der Waals surface area contributed by atoms with Gasteiger partial charge in [0.25, 0.3) is 5.89 Å². The highest BCUT2D eigenvalue weighted by Crippen LogP contribution is 2.22. The van der Waals surface area contributed by atoms with Crippen molar-refractivity contribution in [3.63, 3.8) is 0 Å². The van der Waals surface area contributed by atoms with Gasteiger partial charge in [-0.15, -0.1) is 21.5 Å². The molecule has 2 rings (SSSR count). The fraction of sp³-hybridized carbons (Fsp3) is 0.500. The fourth-order valence-corrected chi connectivity index (χ4v) is 2.60. The first-order valence-corrected chi connectivity index (χ1v) is 7.76. The second-order valence-electron chi connectivity index (χ2n) is 4.53. The van der Waals surface area contributed by atoms with Crippen molar-refractivity contribution in [2.24, 2.45) is 5.92 Å². The van der Waals surface area contributed by atoms with E-state index in [1.54, 1.807) is 11.3 Å². The molecular weight excluding hydrogens is 274 g/mol. The third-order valence-corrected chi connectivity index (χ3v) is 4.05. The van der Waals surface area contributed by atoms with Gasteiger partial charge in [0.15, 0.2) is 0 Å². The maximum absolute atomic E-state index is 11.8. The molecule has 0 aromatic carbocycles. The van der Waals surface area contributed by atoms with Crippen molar-refractivity contribution in [1.29, 1.82) is 0 Å². The summed E-state index contributed by atoms with van der Waals surface area (Å²) in [5.41, 5.74) is 0. The van der Waals surface area contributed by atoms with Crippen LogP contribution in [0.2, 0.25) is 0 Å². The predicted octanol–water partition coefficient (Wildman–Crippen LogP) is 2.89. The molecule has 2 heterocycles. The predicted molar refractivity (Wildman–Crippen MR) is 78.4 cm³/mol. The van der Waals surface area contributed by atoms with E-state index in [9.17, 15) is 4.79 Å². The molecule has 0 bridgehead atoms. The van der Waals surface area contributed by atoms with E-state index in [4.69, 9.17) is 4.42 Å². The lowest BCUT2D eigenvalue weighted by Crippen LogP contribution is -2.31. The second-order valence-corrected chi connectivity index (χ2v) is 5.48. The molecule has 0 unspecified atom stereocenters. The Kier molecular flexibility index (Phi) is 5.29. The Morgan fingerprint density at radius 3 is 2.85 bits per heavy atom. The smallest absolute Gasteiger partial charge is 0.257 e. The van der Waals surface area contributed by atoms with Gasteiger partial charge in [-0.2, -0.15) is 0 Å². The first kappa shape index (κ1) is 14.7. The van der Waals surface area contributed by atoms with Crippen molar-refractivity contribution in [2.45, 2.75) is 33.1 Å². The van der Waals surface area contributed by atoms with E-state index in [1.165, 1.54) is 0 Å². The lowest BCUT2D eigenvalue weighted by molar-refractivity contribution is -0.125. The highest BCUT2D eigenvalue weighted by atomic mass is 32.1. The summed E-state index contributed by atoms with van der Waals surface area (Å²) >= 11 is 1.56. The number of nitrogens with zero attached hydrogens (tertiary/aromatic N) is 2. The van der Waals surface area contributed by atoms with Crippen molar-refractivity contribution in [1.82, 2.24) is 15.5 Å². The maximum atomic E-state index is 11.8. The minimum atomic E-state index is 0.0966. The monoisotopic (exact) mass is 293 g/mol. The van der Waals surface area contributed by atoms with Gasteiger partial charge in [-0.1, -0.05) is 19.9 Å². The summed E-state index contributed by atoms with van der Waals surface area (Å²) in [6.07, 6.45) is 2.29. The standard InChI is InChI=1S/C14H19N3O2S/c1-3-10(4-2)13(18)15-8-7-12-16-17-14(19-12)11-6-5-9-20-11/h5-6,9-10H,3-4,7-8H2,1-2H3,(H,15,18). The summed E-state index contributed by atoms with van der Waals surface area (Å²) in [6.45, 7) is 4.58. The summed E-state index contributed by atoms with van der Waals surface area (Å²) in [4.78, 5) is 12.8. The number of carbonyl (C=O) groups is 1. The molecule has 0 aliphatic carbocycles. The fourth-order valence-electron chi connectivity index (χ4n) is 1.95. The van der Waals surface area contributed by atoms with Gasteiger partial charge in [0.2, 0.25) is 11.8 Å². The SMILES string of the molecule is CCC(CC)C(=O)NCCc1nnc(-c2cccs2)o1. The van der Waals surface area contributed by atoms with E-state index in [2.05, 4.69) is 15.5 Å². The molecule has 2 aromatic rings. The van der Waals surface area contributed by atoms with Crippen LogP contribution >= 0.6 is 11.3 Å². The van der Waals surface area contributed by atoms with Gasteiger partial charge < -0.3 is 9.73 Å². The van der Waals surface area contributed by atoms with E-state index in [0.717, 1.165) is 17.7 Å². The van der Waals surface area contributed by atoms with Crippen LogP contribution in [0.25, 0.3) is 10.8 Å². The summed E-state index contributed by atoms with van der Waals surface area (Å²) in [5, 5.41) is 12.9. The molecule has 0 saturated heterocycles. The molecule has 0 aliphatic heterocycles. The van der Waals surface area contributed by atoms with E-state index in [0.29, 0.717) is 24.7 Å². The Morgan fingerprint density at radius 1 is 1.40 bits per heavy atom. The Bertz CT molecular complexity index is 532. The molecule has 6 heteroatoms. The average molecular weight is 293 g/mol. The highest BCUT2D eigenvalue weighted by Gasteiger charge is 2.14. The molecule has 2 aromatic heterocycles. The normalized spacial score (nSPS) is 10.9. The number of thiophene rings is 1. The Hall–Kier alpha value is -1.69. The summed E-state index contributed by atoms with van der Waals surface area (Å²) in [7, 11) is 0. The Balaban J connectivity index is 1.82. The molecule has 0 fully saturated rings. The highest BCUT2D eigenvalue weighted by molar-refractivity contribution is 7.13. The lowest BCUT2D eigenvalue weighted by atomic mass is 10.0. The van der Waals surface area contributed by atoms with Gasteiger partial charge in [0.05, 0.1) is 4.88 Å². The maximum Gasteiger partial charge on any atom is 0.257 e. The molecule has 20 heavy (non-hydrogen) atoms. The van der Waals surface area contributed by atoms with Crippen molar-refractivity contribution in [3.05, 3.63) is 23.4 Å². The van der Waals surface area contributed by atoms with Crippen LogP contribution in [0.5, 0.6) is 0 Å². The Labute approximate surface area is 122 Å². The van der Waals surface area contributed by atoms with Crippen molar-refractivity contribution in [2.75, 3.05) is 6.54 Å². The number of nitrogens with one attached hydrogen (secondary N) is 1. The molecule has 5 nitrogen and oxygen atoms in total. The zero-order valence-corrected chi connectivity index (χ0v) is 12.6. The number of aromatic nitrogens is 2. The van der Waals surface area contributed by atoms with Crippen LogP contribution in [0.3, 0.4) is 0 Å². The van der Waals surface area contributed by atoms with Crippen LogP contribution in [0, 0.1) is 5.92 Å². The number of amides is 1. The van der Waals surface area contributed by atoms with Crippen molar-refractivity contribution >= 4 is 17.2 Å². The van der Waals surface area contributed by atoms with E-state index < -0.39 is 0 Å². The number of carbonyl (C=O) groups excluding carboxylic acids is 1. The quantitative estimate of drug-likeness (QED) is 0.852. The molecule has 1 N–H and O–H groups in total. The van der Waals surface area contributed by atoms with E-state index >= 15 is 0 Å². The van der Waals surface area contributed by atoms with Gasteiger partial charge in [-0.05, 0) is 24.3 Å². The van der Waals surface area contributed by atoms with Crippen LogP contribution in [0.4, 0.5) is 0 Å². The molecule has 108 valence electrons. The largest absolute Gasteiger partial charge is 0.420 e. The van der Waals surface area contributed by atoms with Crippen LogP contribution in [-0.4, -0.2) is 22.6 Å². The Morgan fingerprint density at radius 2 is 2.20 bits per heavy atom. The van der Waals surface area contributed by atoms with Crippen molar-refractivity contribution < 1.29 is 9.21 Å². The van der Waals surface area contributed by atoms with Crippen molar-refractivity contribution in [3.8, 4) is 10.8 Å². The molecule has 0 saturated carbocycles. The summed E-state index contributed by atoms with van der Waals surface area (Å²) in [5.74, 6) is 1.30. The summed E-state index contributed by atoms with van der Waals surface area (Å²) in [6, 6.07) is 3.89. The van der Waals surface area contributed by atoms with E-state index in [1.807, 2.05) is 31.4 Å². The third-order valence-electron chi connectivity index (χ3n) is 3.19. The average Bonchev–Trinajstić information content (AvgIpc) is 3.10. The molecular formula is C14H19N3O2S. The summed E-state index contributed by atoms with van der Waals surface area (Å²) < 4.78 is 5.56. The van der Waals surface area contributed by atoms with Gasteiger partial charge >= 0.3 is 0 Å². The molecule has 0 aliphatic rings. The minimum absolute atomic E-state index is 0.0966. The molecule has 0 atom stereocenters. The number of rotatable bonds is 7. The zero-order chi connectivity index (χ0) is 14.4. The number of hydrogen-bond donors (Lipinski definition) is 1. The van der Waals surface area contributed by atoms with Crippen LogP contribution < -0.4 is 5.32 Å². The molecule has 1 amide bonds. The van der Waals surface area contributed by atoms with Gasteiger partial charge in [0, 0.05) is 18.9 Å². The molecule has 0 spiro atoms. The second kappa shape index (κ2) is 7.19. The third kappa shape index (κ3) is 3.66. The topological polar surface area (TPSA) is 68.0 Å². The van der Waals surface area contributed by atoms with Gasteiger partial charge in [-0.25, -0.2) is 0 Å². The lowest BCUT2D eigenvalue weighted by Gasteiger charge is -2.11. The minimum Gasteiger partial charge on any atom is -0.420 e. The molecule has 0 radical (unpaired) electrons.